The Morgan fingerprint density at radius 1 is 0.885 bits per heavy atom. The molecule has 26 heavy (non-hydrogen) atoms. The van der Waals surface area contributed by atoms with Gasteiger partial charge in [-0.15, -0.1) is 0 Å². The van der Waals surface area contributed by atoms with Crippen molar-refractivity contribution in [2.75, 3.05) is 37.6 Å². The predicted octanol–water partition coefficient (Wildman–Crippen LogP) is 1.41. The van der Waals surface area contributed by atoms with Crippen LogP contribution >= 0.6 is 0 Å². The van der Waals surface area contributed by atoms with Gasteiger partial charge in [0.1, 0.15) is 5.82 Å². The van der Waals surface area contributed by atoms with Gasteiger partial charge in [-0.1, -0.05) is 18.2 Å². The lowest BCUT2D eigenvalue weighted by Gasteiger charge is -2.35. The Balaban J connectivity index is 1.40. The van der Waals surface area contributed by atoms with Crippen molar-refractivity contribution in [1.29, 1.82) is 0 Å². The Hall–Kier alpha value is -2.93. The Kier molecular flexibility index (Phi) is 5.80. The highest BCUT2D eigenvalue weighted by Gasteiger charge is 2.19. The molecular formula is C19H21FN4O2. The topological polar surface area (TPSA) is 64.7 Å². The normalized spacial score (nSPS) is 14.7. The summed E-state index contributed by atoms with van der Waals surface area (Å²) in [5.41, 5.74) is 6.32. The third-order valence-corrected chi connectivity index (χ3v) is 4.28. The Bertz CT molecular complexity index is 744. The number of benzene rings is 2. The van der Waals surface area contributed by atoms with Gasteiger partial charge in [0.05, 0.1) is 6.54 Å². The second-order valence-corrected chi connectivity index (χ2v) is 6.11. The maximum atomic E-state index is 13.0. The summed E-state index contributed by atoms with van der Waals surface area (Å²) in [5, 5.41) is 0. The predicted molar refractivity (Wildman–Crippen MR) is 97.1 cm³/mol. The molecule has 2 N–H and O–H groups in total. The molecular weight excluding hydrogens is 335 g/mol. The second-order valence-electron chi connectivity index (χ2n) is 6.11. The van der Waals surface area contributed by atoms with Gasteiger partial charge in [0.15, 0.2) is 0 Å². The molecule has 2 aromatic rings. The molecule has 1 heterocycles. The molecule has 0 atom stereocenters. The van der Waals surface area contributed by atoms with E-state index in [0.717, 1.165) is 31.9 Å². The number of carbonyl (C=O) groups excluding carboxylic acids is 2. The van der Waals surface area contributed by atoms with E-state index in [1.807, 2.05) is 11.0 Å². The number of amides is 2. The molecule has 0 spiro atoms. The molecule has 1 fully saturated rings. The van der Waals surface area contributed by atoms with Gasteiger partial charge < -0.3 is 4.90 Å². The quantitative estimate of drug-likeness (QED) is 0.813. The Labute approximate surface area is 151 Å². The van der Waals surface area contributed by atoms with Crippen LogP contribution < -0.4 is 15.8 Å². The summed E-state index contributed by atoms with van der Waals surface area (Å²) in [7, 11) is 0. The van der Waals surface area contributed by atoms with Crippen molar-refractivity contribution >= 4 is 17.5 Å². The lowest BCUT2D eigenvalue weighted by Crippen LogP contribution is -2.52. The highest BCUT2D eigenvalue weighted by Crippen LogP contribution is 2.16. The van der Waals surface area contributed by atoms with Crippen LogP contribution in [-0.4, -0.2) is 49.4 Å². The van der Waals surface area contributed by atoms with Crippen LogP contribution in [0.2, 0.25) is 0 Å². The number of nitrogens with one attached hydrogen (secondary N) is 2. The van der Waals surface area contributed by atoms with Crippen LogP contribution in [-0.2, 0) is 4.79 Å². The summed E-state index contributed by atoms with van der Waals surface area (Å²) in [5.74, 6) is -0.855. The van der Waals surface area contributed by atoms with E-state index in [0.29, 0.717) is 5.56 Å². The van der Waals surface area contributed by atoms with Crippen LogP contribution in [0.15, 0.2) is 54.6 Å². The van der Waals surface area contributed by atoms with Gasteiger partial charge in [0.25, 0.3) is 11.8 Å². The molecule has 0 saturated carbocycles. The molecule has 6 nitrogen and oxygen atoms in total. The molecule has 1 saturated heterocycles. The number of rotatable bonds is 4. The first-order valence-electron chi connectivity index (χ1n) is 8.49. The lowest BCUT2D eigenvalue weighted by atomic mass is 10.2. The van der Waals surface area contributed by atoms with Crippen molar-refractivity contribution in [3.63, 3.8) is 0 Å². The highest BCUT2D eigenvalue weighted by molar-refractivity contribution is 5.95. The summed E-state index contributed by atoms with van der Waals surface area (Å²) in [6, 6.07) is 15.1. The zero-order valence-electron chi connectivity index (χ0n) is 14.3. The third kappa shape index (κ3) is 4.80. The number of anilines is 1. The van der Waals surface area contributed by atoms with E-state index in [9.17, 15) is 14.0 Å². The maximum Gasteiger partial charge on any atom is 0.269 e. The van der Waals surface area contributed by atoms with Gasteiger partial charge in [-0.2, -0.15) is 0 Å². The SMILES string of the molecule is O=C(CN1CCN(c2ccc(F)cc2)CC1)NNC(=O)c1ccccc1. The molecule has 1 aliphatic rings. The maximum absolute atomic E-state index is 13.0. The third-order valence-electron chi connectivity index (χ3n) is 4.28. The molecule has 0 aromatic heterocycles. The van der Waals surface area contributed by atoms with Gasteiger partial charge in [-0.3, -0.25) is 25.3 Å². The minimum Gasteiger partial charge on any atom is -0.369 e. The minimum absolute atomic E-state index is 0.215. The van der Waals surface area contributed by atoms with Crippen molar-refractivity contribution < 1.29 is 14.0 Å². The van der Waals surface area contributed by atoms with Crippen molar-refractivity contribution in [1.82, 2.24) is 15.8 Å². The fraction of sp³-hybridized carbons (Fsp3) is 0.263. The Morgan fingerprint density at radius 3 is 2.19 bits per heavy atom. The second kappa shape index (κ2) is 8.44. The summed E-state index contributed by atoms with van der Waals surface area (Å²) >= 11 is 0. The minimum atomic E-state index is -0.347. The molecule has 7 heteroatoms. The van der Waals surface area contributed by atoms with Crippen LogP contribution in [0.4, 0.5) is 10.1 Å². The van der Waals surface area contributed by atoms with Crippen LogP contribution in [0.5, 0.6) is 0 Å². The summed E-state index contributed by atoms with van der Waals surface area (Å²) in [4.78, 5) is 28.1. The van der Waals surface area contributed by atoms with Gasteiger partial charge >= 0.3 is 0 Å². The van der Waals surface area contributed by atoms with Crippen LogP contribution in [0.1, 0.15) is 10.4 Å². The summed E-state index contributed by atoms with van der Waals surface area (Å²) < 4.78 is 13.0. The van der Waals surface area contributed by atoms with Gasteiger partial charge in [0.2, 0.25) is 0 Å². The molecule has 3 rings (SSSR count). The Morgan fingerprint density at radius 2 is 1.54 bits per heavy atom. The molecule has 1 aliphatic heterocycles. The summed E-state index contributed by atoms with van der Waals surface area (Å²) in [6.45, 7) is 3.17. The van der Waals surface area contributed by atoms with E-state index in [4.69, 9.17) is 0 Å². The number of nitrogens with zero attached hydrogens (tertiary/aromatic N) is 2. The summed E-state index contributed by atoms with van der Waals surface area (Å²) in [6.07, 6.45) is 0. The van der Waals surface area contributed by atoms with Crippen LogP contribution in [0.3, 0.4) is 0 Å². The number of carbonyl (C=O) groups is 2. The van der Waals surface area contributed by atoms with E-state index in [1.54, 1.807) is 36.4 Å². The average molecular weight is 356 g/mol. The highest BCUT2D eigenvalue weighted by atomic mass is 19.1. The van der Waals surface area contributed by atoms with Crippen molar-refractivity contribution in [3.05, 3.63) is 66.0 Å². The molecule has 0 radical (unpaired) electrons. The molecule has 0 bridgehead atoms. The first-order valence-corrected chi connectivity index (χ1v) is 8.49. The first-order chi connectivity index (χ1) is 12.6. The van der Waals surface area contributed by atoms with Gasteiger partial charge in [0, 0.05) is 37.4 Å². The van der Waals surface area contributed by atoms with E-state index in [-0.39, 0.29) is 24.2 Å². The van der Waals surface area contributed by atoms with Crippen LogP contribution in [0.25, 0.3) is 0 Å². The van der Waals surface area contributed by atoms with Gasteiger partial charge in [-0.05, 0) is 36.4 Å². The molecule has 136 valence electrons. The number of halogens is 1. The molecule has 2 aromatic carbocycles. The fourth-order valence-corrected chi connectivity index (χ4v) is 2.85. The average Bonchev–Trinajstić information content (AvgIpc) is 2.68. The first kappa shape index (κ1) is 17.9. The van der Waals surface area contributed by atoms with Crippen molar-refractivity contribution in [2.45, 2.75) is 0 Å². The number of hydrogen-bond donors (Lipinski definition) is 2. The molecule has 0 aliphatic carbocycles. The standard InChI is InChI=1S/C19H21FN4O2/c20-16-6-8-17(9-7-16)24-12-10-23(11-13-24)14-18(25)21-22-19(26)15-4-2-1-3-5-15/h1-9H,10-14H2,(H,21,25)(H,22,26). The zero-order valence-corrected chi connectivity index (χ0v) is 14.3. The van der Waals surface area contributed by atoms with E-state index in [2.05, 4.69) is 15.8 Å². The number of piperazine rings is 1. The largest absolute Gasteiger partial charge is 0.369 e. The van der Waals surface area contributed by atoms with E-state index in [1.165, 1.54) is 12.1 Å². The van der Waals surface area contributed by atoms with Crippen molar-refractivity contribution in [2.24, 2.45) is 0 Å². The smallest absolute Gasteiger partial charge is 0.269 e. The van der Waals surface area contributed by atoms with Gasteiger partial charge in [-0.25, -0.2) is 4.39 Å². The molecule has 0 unspecified atom stereocenters. The number of hydrazine groups is 1. The van der Waals surface area contributed by atoms with E-state index >= 15 is 0 Å². The number of hydrogen-bond acceptors (Lipinski definition) is 4. The molecule has 2 amide bonds. The zero-order chi connectivity index (χ0) is 18.4. The van der Waals surface area contributed by atoms with Crippen LogP contribution in [0, 0.1) is 5.82 Å². The lowest BCUT2D eigenvalue weighted by molar-refractivity contribution is -0.123. The van der Waals surface area contributed by atoms with Crippen molar-refractivity contribution in [3.8, 4) is 0 Å². The van der Waals surface area contributed by atoms with E-state index < -0.39 is 0 Å². The fourth-order valence-electron chi connectivity index (χ4n) is 2.85. The monoisotopic (exact) mass is 356 g/mol.